The number of rotatable bonds is 9. The second-order valence-corrected chi connectivity index (χ2v) is 9.06. The zero-order chi connectivity index (χ0) is 25.7. The Kier molecular flexibility index (Phi) is 8.38. The van der Waals surface area contributed by atoms with Crippen LogP contribution in [0.2, 0.25) is 5.02 Å². The van der Waals surface area contributed by atoms with E-state index < -0.39 is 24.4 Å². The molecule has 0 radical (unpaired) electrons. The van der Waals surface area contributed by atoms with E-state index >= 15 is 0 Å². The Balaban J connectivity index is 1.43. The predicted molar refractivity (Wildman–Crippen MR) is 129 cm³/mol. The van der Waals surface area contributed by atoms with Crippen molar-refractivity contribution >= 4 is 17.5 Å². The number of ether oxygens (including phenoxy) is 2. The van der Waals surface area contributed by atoms with Crippen LogP contribution in [0.3, 0.4) is 0 Å². The lowest BCUT2D eigenvalue weighted by Gasteiger charge is -2.30. The molecule has 0 spiro atoms. The lowest BCUT2D eigenvalue weighted by molar-refractivity contribution is -0.141. The van der Waals surface area contributed by atoms with Crippen LogP contribution in [0.5, 0.6) is 5.88 Å². The number of benzene rings is 1. The van der Waals surface area contributed by atoms with E-state index in [1.54, 1.807) is 19.2 Å². The van der Waals surface area contributed by atoms with Crippen molar-refractivity contribution < 1.29 is 27.4 Å². The highest BCUT2D eigenvalue weighted by molar-refractivity contribution is 6.32. The lowest BCUT2D eigenvalue weighted by Crippen LogP contribution is -2.45. The molecule has 1 saturated heterocycles. The number of nitrogens with one attached hydrogen (secondary N) is 1. The molecule has 0 bridgehead atoms. The monoisotopic (exact) mass is 524 g/mol. The zero-order valence-electron chi connectivity index (χ0n) is 19.8. The maximum Gasteiger partial charge on any atom is 0.435 e. The van der Waals surface area contributed by atoms with Crippen molar-refractivity contribution in [2.24, 2.45) is 0 Å². The number of methoxy groups -OCH3 is 1. The Morgan fingerprint density at radius 2 is 2.03 bits per heavy atom. The van der Waals surface area contributed by atoms with Gasteiger partial charge in [0, 0.05) is 19.7 Å². The highest BCUT2D eigenvalue weighted by Gasteiger charge is 2.36. The van der Waals surface area contributed by atoms with E-state index in [0.717, 1.165) is 48.7 Å². The summed E-state index contributed by atoms with van der Waals surface area (Å²) in [7, 11) is 1.67. The van der Waals surface area contributed by atoms with Gasteiger partial charge in [0.2, 0.25) is 5.88 Å². The fourth-order valence-electron chi connectivity index (χ4n) is 4.35. The molecule has 2 unspecified atom stereocenters. The zero-order valence-corrected chi connectivity index (χ0v) is 20.6. The molecular formula is C25H28ClF3N4O3. The Bertz CT molecular complexity index is 1130. The van der Waals surface area contributed by atoms with Crippen LogP contribution in [0, 0.1) is 0 Å². The van der Waals surface area contributed by atoms with E-state index in [1.165, 1.54) is 12.1 Å². The number of alkyl halides is 3. The van der Waals surface area contributed by atoms with Crippen LogP contribution in [0.4, 0.5) is 13.2 Å². The first-order valence-electron chi connectivity index (χ1n) is 11.7. The first kappa shape index (κ1) is 26.2. The molecule has 11 heteroatoms. The normalized spacial score (nSPS) is 19.2. The summed E-state index contributed by atoms with van der Waals surface area (Å²) in [5.74, 6) is -0.681. The highest BCUT2D eigenvalue weighted by atomic mass is 35.5. The molecule has 2 aliphatic rings. The van der Waals surface area contributed by atoms with E-state index in [-0.39, 0.29) is 28.7 Å². The summed E-state index contributed by atoms with van der Waals surface area (Å²) in [5.41, 5.74) is 0.180. The third-order valence-electron chi connectivity index (χ3n) is 6.25. The number of nitrogens with zero attached hydrogens (tertiary/aromatic N) is 3. The number of para-hydroxylation sites is 1. The fraction of sp³-hybridized carbons (Fsp3) is 0.440. The van der Waals surface area contributed by atoms with Gasteiger partial charge in [0.25, 0.3) is 5.91 Å². The third kappa shape index (κ3) is 6.29. The van der Waals surface area contributed by atoms with Gasteiger partial charge in [0.15, 0.2) is 12.3 Å². The second-order valence-electron chi connectivity index (χ2n) is 8.65. The minimum atomic E-state index is -4.68. The molecule has 4 rings (SSSR count). The maximum atomic E-state index is 13.3. The number of hydrogen-bond donors (Lipinski definition) is 1. The first-order chi connectivity index (χ1) is 17.3. The Labute approximate surface area is 212 Å². The van der Waals surface area contributed by atoms with Gasteiger partial charge in [-0.05, 0) is 50.1 Å². The maximum absolute atomic E-state index is 13.3. The van der Waals surface area contributed by atoms with Gasteiger partial charge < -0.3 is 14.8 Å². The molecule has 7 nitrogen and oxygen atoms in total. The standard InChI is InChI=1S/C25H28ClF3N4O3/c1-35-18-10-8-17(9-11-18)21(32-12-4-5-13-32)15-30-23(34)16-36-24-14-22(25(27,28)29)31-33(24)20-7-3-2-6-19(20)26/h2-3,6-10,14,18,21H,4-5,11-13,15-16H2,1H3,(H,30,34). The van der Waals surface area contributed by atoms with Crippen molar-refractivity contribution in [1.82, 2.24) is 20.0 Å². The van der Waals surface area contributed by atoms with Crippen LogP contribution in [0.1, 0.15) is 25.0 Å². The van der Waals surface area contributed by atoms with Crippen LogP contribution in [0.25, 0.3) is 5.69 Å². The Morgan fingerprint density at radius 1 is 1.28 bits per heavy atom. The molecule has 1 fully saturated rings. The van der Waals surface area contributed by atoms with Crippen LogP contribution >= 0.6 is 11.6 Å². The molecule has 1 aromatic carbocycles. The molecule has 1 N–H and O–H groups in total. The Hall–Kier alpha value is -2.82. The van der Waals surface area contributed by atoms with Crippen molar-refractivity contribution in [3.63, 3.8) is 0 Å². The van der Waals surface area contributed by atoms with E-state index in [1.807, 2.05) is 12.2 Å². The van der Waals surface area contributed by atoms with Gasteiger partial charge in [-0.25, -0.2) is 0 Å². The number of amides is 1. The quantitative estimate of drug-likeness (QED) is 0.526. The van der Waals surface area contributed by atoms with E-state index in [4.69, 9.17) is 21.1 Å². The SMILES string of the molecule is COC1C=CC(C(CNC(=O)COc2cc(C(F)(F)F)nn2-c2ccccc2Cl)N2CCCC2)=CC1. The lowest BCUT2D eigenvalue weighted by atomic mass is 9.97. The molecule has 1 aromatic heterocycles. The molecule has 1 amide bonds. The molecule has 2 aromatic rings. The summed E-state index contributed by atoms with van der Waals surface area (Å²) in [6.45, 7) is 1.76. The van der Waals surface area contributed by atoms with Gasteiger partial charge in [-0.15, -0.1) is 0 Å². The van der Waals surface area contributed by atoms with Crippen molar-refractivity contribution in [2.45, 2.75) is 37.6 Å². The van der Waals surface area contributed by atoms with Crippen LogP contribution in [-0.4, -0.2) is 66.1 Å². The number of hydrogen-bond acceptors (Lipinski definition) is 5. The molecule has 1 aliphatic heterocycles. The number of carbonyl (C=O) groups excluding carboxylic acids is 1. The molecule has 0 saturated carbocycles. The summed E-state index contributed by atoms with van der Waals surface area (Å²) in [4.78, 5) is 15.0. The fourth-order valence-corrected chi connectivity index (χ4v) is 4.57. The van der Waals surface area contributed by atoms with Crippen molar-refractivity contribution in [2.75, 3.05) is 33.4 Å². The summed E-state index contributed by atoms with van der Waals surface area (Å²) in [5, 5.41) is 6.68. The third-order valence-corrected chi connectivity index (χ3v) is 6.57. The average molecular weight is 525 g/mol. The van der Waals surface area contributed by atoms with Crippen LogP contribution in [0.15, 0.2) is 54.1 Å². The molecule has 36 heavy (non-hydrogen) atoms. The van der Waals surface area contributed by atoms with E-state index in [2.05, 4.69) is 21.4 Å². The van der Waals surface area contributed by atoms with E-state index in [0.29, 0.717) is 6.54 Å². The van der Waals surface area contributed by atoms with Gasteiger partial charge in [0.1, 0.15) is 0 Å². The summed E-state index contributed by atoms with van der Waals surface area (Å²) < 4.78 is 51.7. The van der Waals surface area contributed by atoms with Gasteiger partial charge in [-0.1, -0.05) is 42.0 Å². The van der Waals surface area contributed by atoms with Crippen molar-refractivity contribution in [1.29, 1.82) is 0 Å². The molecule has 2 heterocycles. The van der Waals surface area contributed by atoms with Crippen LogP contribution in [-0.2, 0) is 15.7 Å². The smallest absolute Gasteiger partial charge is 0.435 e. The summed E-state index contributed by atoms with van der Waals surface area (Å²) in [6, 6.07) is 7.07. The average Bonchev–Trinajstić information content (AvgIpc) is 3.54. The number of halogens is 4. The topological polar surface area (TPSA) is 68.6 Å². The Morgan fingerprint density at radius 3 is 2.67 bits per heavy atom. The summed E-state index contributed by atoms with van der Waals surface area (Å²) in [6.07, 6.45) is 4.48. The second kappa shape index (κ2) is 11.5. The summed E-state index contributed by atoms with van der Waals surface area (Å²) >= 11 is 6.16. The van der Waals surface area contributed by atoms with E-state index in [9.17, 15) is 18.0 Å². The van der Waals surface area contributed by atoms with Gasteiger partial charge in [-0.2, -0.15) is 23.0 Å². The first-order valence-corrected chi connectivity index (χ1v) is 12.1. The number of aromatic nitrogens is 2. The minimum absolute atomic E-state index is 0.00371. The molecule has 2 atom stereocenters. The highest BCUT2D eigenvalue weighted by Crippen LogP contribution is 2.33. The molecular weight excluding hydrogens is 497 g/mol. The van der Waals surface area contributed by atoms with Crippen molar-refractivity contribution in [3.8, 4) is 11.6 Å². The number of carbonyl (C=O) groups is 1. The van der Waals surface area contributed by atoms with Gasteiger partial charge >= 0.3 is 6.18 Å². The minimum Gasteiger partial charge on any atom is -0.467 e. The van der Waals surface area contributed by atoms with Gasteiger partial charge in [0.05, 0.1) is 22.9 Å². The molecule has 1 aliphatic carbocycles. The number of likely N-dealkylation sites (tertiary alicyclic amines) is 1. The largest absolute Gasteiger partial charge is 0.467 e. The molecule has 194 valence electrons. The van der Waals surface area contributed by atoms with Crippen molar-refractivity contribution in [3.05, 3.63) is 64.8 Å². The predicted octanol–water partition coefficient (Wildman–Crippen LogP) is 4.41. The van der Waals surface area contributed by atoms with Crippen LogP contribution < -0.4 is 10.1 Å². The van der Waals surface area contributed by atoms with Gasteiger partial charge in [-0.3, -0.25) is 9.69 Å².